The fourth-order valence-corrected chi connectivity index (χ4v) is 3.33. The summed E-state index contributed by atoms with van der Waals surface area (Å²) >= 11 is 9.23. The fourth-order valence-electron chi connectivity index (χ4n) is 2.47. The van der Waals surface area contributed by atoms with Gasteiger partial charge in [-0.2, -0.15) is 0 Å². The van der Waals surface area contributed by atoms with Crippen LogP contribution in [0.4, 0.5) is 0 Å². The minimum atomic E-state index is -0.0355. The monoisotopic (exact) mass is 329 g/mol. The average molecular weight is 331 g/mol. The molecular weight excluding hydrogens is 314 g/mol. The lowest BCUT2D eigenvalue weighted by molar-refractivity contribution is 0.0933. The van der Waals surface area contributed by atoms with Crippen LogP contribution in [0, 0.1) is 5.41 Å². The van der Waals surface area contributed by atoms with Crippen LogP contribution >= 0.6 is 27.5 Å². The van der Waals surface area contributed by atoms with Crippen LogP contribution in [0.25, 0.3) is 0 Å². The minimum Gasteiger partial charge on any atom is -0.351 e. The quantitative estimate of drug-likeness (QED) is 0.873. The van der Waals surface area contributed by atoms with Crippen molar-refractivity contribution >= 4 is 33.4 Å². The lowest BCUT2D eigenvalue weighted by atomic mass is 9.89. The van der Waals surface area contributed by atoms with E-state index < -0.39 is 0 Å². The van der Waals surface area contributed by atoms with Crippen LogP contribution in [0.2, 0.25) is 5.02 Å². The first kappa shape index (κ1) is 13.9. The maximum atomic E-state index is 12.1. The Bertz CT molecular complexity index is 455. The van der Waals surface area contributed by atoms with Crippen LogP contribution in [0.3, 0.4) is 0 Å². The molecule has 0 bridgehead atoms. The number of amides is 1. The molecular formula is C14H17BrClNO. The molecule has 4 heteroatoms. The molecule has 1 aromatic carbocycles. The van der Waals surface area contributed by atoms with Gasteiger partial charge in [0.05, 0.1) is 5.56 Å². The van der Waals surface area contributed by atoms with Gasteiger partial charge in [-0.1, -0.05) is 31.4 Å². The number of nitrogens with one attached hydrogen (secondary N) is 1. The third-order valence-corrected chi connectivity index (χ3v) is 4.55. The van der Waals surface area contributed by atoms with Crippen molar-refractivity contribution in [3.05, 3.63) is 33.3 Å². The average Bonchev–Trinajstić information content (AvgIpc) is 2.74. The normalized spacial score (nSPS) is 17.7. The van der Waals surface area contributed by atoms with Crippen LogP contribution in [0.1, 0.15) is 43.0 Å². The van der Waals surface area contributed by atoms with Crippen LogP contribution < -0.4 is 5.32 Å². The number of halogens is 2. The van der Waals surface area contributed by atoms with Gasteiger partial charge in [-0.3, -0.25) is 4.79 Å². The number of benzene rings is 1. The zero-order valence-electron chi connectivity index (χ0n) is 10.4. The number of hydrogen-bond acceptors (Lipinski definition) is 1. The molecule has 0 heterocycles. The Morgan fingerprint density at radius 3 is 2.72 bits per heavy atom. The highest BCUT2D eigenvalue weighted by atomic mass is 79.9. The van der Waals surface area contributed by atoms with Crippen molar-refractivity contribution in [2.75, 3.05) is 6.54 Å². The standard InChI is InChI=1S/C14H17BrClNO/c1-14(6-2-3-7-14)9-17-13(18)11-5-4-10(16)8-12(11)15/h4-5,8H,2-3,6-7,9H2,1H3,(H,17,18). The molecule has 2 rings (SSSR count). The molecule has 0 aromatic heterocycles. The van der Waals surface area contributed by atoms with E-state index in [1.807, 2.05) is 0 Å². The van der Waals surface area contributed by atoms with Crippen LogP contribution in [-0.4, -0.2) is 12.5 Å². The molecule has 1 saturated carbocycles. The van der Waals surface area contributed by atoms with E-state index in [1.165, 1.54) is 25.7 Å². The van der Waals surface area contributed by atoms with Crippen molar-refractivity contribution in [2.24, 2.45) is 5.41 Å². The van der Waals surface area contributed by atoms with E-state index in [2.05, 4.69) is 28.2 Å². The van der Waals surface area contributed by atoms with E-state index in [-0.39, 0.29) is 11.3 Å². The molecule has 1 aliphatic rings. The molecule has 0 aliphatic heterocycles. The van der Waals surface area contributed by atoms with E-state index in [1.54, 1.807) is 18.2 Å². The largest absolute Gasteiger partial charge is 0.351 e. The molecule has 0 unspecified atom stereocenters. The second-order valence-corrected chi connectivity index (χ2v) is 6.62. The van der Waals surface area contributed by atoms with E-state index in [0.717, 1.165) is 11.0 Å². The van der Waals surface area contributed by atoms with Crippen LogP contribution in [-0.2, 0) is 0 Å². The molecule has 98 valence electrons. The summed E-state index contributed by atoms with van der Waals surface area (Å²) < 4.78 is 0.740. The van der Waals surface area contributed by atoms with Gasteiger partial charge in [0.15, 0.2) is 0 Å². The van der Waals surface area contributed by atoms with Gasteiger partial charge in [-0.15, -0.1) is 0 Å². The minimum absolute atomic E-state index is 0.0355. The zero-order chi connectivity index (χ0) is 13.2. The molecule has 0 atom stereocenters. The molecule has 1 amide bonds. The maximum absolute atomic E-state index is 12.1. The van der Waals surface area contributed by atoms with Crippen LogP contribution in [0.15, 0.2) is 22.7 Å². The summed E-state index contributed by atoms with van der Waals surface area (Å²) in [7, 11) is 0. The molecule has 0 radical (unpaired) electrons. The Kier molecular flexibility index (Phi) is 4.33. The molecule has 18 heavy (non-hydrogen) atoms. The summed E-state index contributed by atoms with van der Waals surface area (Å²) in [5.74, 6) is -0.0355. The summed E-state index contributed by atoms with van der Waals surface area (Å²) in [4.78, 5) is 12.1. The summed E-state index contributed by atoms with van der Waals surface area (Å²) in [5.41, 5.74) is 0.912. The summed E-state index contributed by atoms with van der Waals surface area (Å²) in [6.45, 7) is 3.00. The smallest absolute Gasteiger partial charge is 0.252 e. The molecule has 1 fully saturated rings. The third-order valence-electron chi connectivity index (χ3n) is 3.66. The molecule has 0 saturated heterocycles. The maximum Gasteiger partial charge on any atom is 0.252 e. The lowest BCUT2D eigenvalue weighted by Crippen LogP contribution is -2.34. The topological polar surface area (TPSA) is 29.1 Å². The van der Waals surface area contributed by atoms with Crippen molar-refractivity contribution in [2.45, 2.75) is 32.6 Å². The second kappa shape index (κ2) is 5.62. The van der Waals surface area contributed by atoms with E-state index in [0.29, 0.717) is 10.6 Å². The van der Waals surface area contributed by atoms with Gasteiger partial charge in [0.2, 0.25) is 0 Å². The Hall–Kier alpha value is -0.540. The van der Waals surface area contributed by atoms with Gasteiger partial charge >= 0.3 is 0 Å². The predicted molar refractivity (Wildman–Crippen MR) is 78.1 cm³/mol. The summed E-state index contributed by atoms with van der Waals surface area (Å²) in [6.07, 6.45) is 4.96. The van der Waals surface area contributed by atoms with Crippen molar-refractivity contribution < 1.29 is 4.79 Å². The number of carbonyl (C=O) groups excluding carboxylic acids is 1. The van der Waals surface area contributed by atoms with Crippen molar-refractivity contribution in [1.29, 1.82) is 0 Å². The number of rotatable bonds is 3. The fraction of sp³-hybridized carbons (Fsp3) is 0.500. The Balaban J connectivity index is 1.99. The Morgan fingerprint density at radius 2 is 2.11 bits per heavy atom. The highest BCUT2D eigenvalue weighted by molar-refractivity contribution is 9.10. The molecule has 2 nitrogen and oxygen atoms in total. The zero-order valence-corrected chi connectivity index (χ0v) is 12.8. The number of carbonyl (C=O) groups is 1. The van der Waals surface area contributed by atoms with Gasteiger partial charge in [0, 0.05) is 16.0 Å². The van der Waals surface area contributed by atoms with E-state index >= 15 is 0 Å². The highest BCUT2D eigenvalue weighted by Crippen LogP contribution is 2.36. The van der Waals surface area contributed by atoms with Gasteiger partial charge in [0.1, 0.15) is 0 Å². The van der Waals surface area contributed by atoms with Crippen LogP contribution in [0.5, 0.6) is 0 Å². The summed E-state index contributed by atoms with van der Waals surface area (Å²) in [5, 5.41) is 3.66. The summed E-state index contributed by atoms with van der Waals surface area (Å²) in [6, 6.07) is 5.23. The number of hydrogen-bond donors (Lipinski definition) is 1. The first-order chi connectivity index (χ1) is 8.50. The van der Waals surface area contributed by atoms with Gasteiger partial charge in [0.25, 0.3) is 5.91 Å². The van der Waals surface area contributed by atoms with Crippen molar-refractivity contribution in [3.8, 4) is 0 Å². The van der Waals surface area contributed by atoms with Crippen molar-refractivity contribution in [1.82, 2.24) is 5.32 Å². The Morgan fingerprint density at radius 1 is 1.44 bits per heavy atom. The molecule has 1 aliphatic carbocycles. The first-order valence-electron chi connectivity index (χ1n) is 6.23. The second-order valence-electron chi connectivity index (χ2n) is 5.32. The first-order valence-corrected chi connectivity index (χ1v) is 7.41. The lowest BCUT2D eigenvalue weighted by Gasteiger charge is -2.23. The highest BCUT2D eigenvalue weighted by Gasteiger charge is 2.29. The van der Waals surface area contributed by atoms with Crippen molar-refractivity contribution in [3.63, 3.8) is 0 Å². The third kappa shape index (κ3) is 3.27. The molecule has 1 aromatic rings. The predicted octanol–water partition coefficient (Wildman–Crippen LogP) is 4.41. The molecule has 1 N–H and O–H groups in total. The molecule has 0 spiro atoms. The van der Waals surface area contributed by atoms with Gasteiger partial charge in [-0.25, -0.2) is 0 Å². The Labute approximate surface area is 121 Å². The SMILES string of the molecule is CC1(CNC(=O)c2ccc(Cl)cc2Br)CCCC1. The van der Waals surface area contributed by atoms with E-state index in [9.17, 15) is 4.79 Å². The van der Waals surface area contributed by atoms with E-state index in [4.69, 9.17) is 11.6 Å². The van der Waals surface area contributed by atoms with Gasteiger partial charge < -0.3 is 5.32 Å². The van der Waals surface area contributed by atoms with Gasteiger partial charge in [-0.05, 0) is 52.4 Å².